The number of aromatic nitrogens is 3. The lowest BCUT2D eigenvalue weighted by Crippen LogP contribution is -2.38. The van der Waals surface area contributed by atoms with Gasteiger partial charge in [-0.3, -0.25) is 4.79 Å². The number of likely N-dealkylation sites (N-methyl/N-ethyl adjacent to an activating group) is 1. The molecule has 0 unspecified atom stereocenters. The van der Waals surface area contributed by atoms with Crippen LogP contribution in [0.25, 0.3) is 0 Å². The van der Waals surface area contributed by atoms with Crippen LogP contribution in [0.5, 0.6) is 6.01 Å². The molecule has 1 amide bonds. The van der Waals surface area contributed by atoms with Gasteiger partial charge in [0.25, 0.3) is 0 Å². The average Bonchev–Trinajstić information content (AvgIpc) is 3.01. The van der Waals surface area contributed by atoms with Gasteiger partial charge in [-0.25, -0.2) is 0 Å². The van der Waals surface area contributed by atoms with Crippen molar-refractivity contribution in [2.75, 3.05) is 50.6 Å². The second-order valence-electron chi connectivity index (χ2n) is 4.92. The topological polar surface area (TPSA) is 83.5 Å². The van der Waals surface area contributed by atoms with Crippen LogP contribution in [0.4, 0.5) is 11.9 Å². The highest BCUT2D eigenvalue weighted by Crippen LogP contribution is 2.14. The predicted molar refractivity (Wildman–Crippen MR) is 79.6 cm³/mol. The van der Waals surface area contributed by atoms with Crippen molar-refractivity contribution in [3.05, 3.63) is 0 Å². The molecule has 8 nitrogen and oxygen atoms in total. The third-order valence-corrected chi connectivity index (χ3v) is 3.29. The molecule has 0 aliphatic carbocycles. The molecule has 2 rings (SSSR count). The van der Waals surface area contributed by atoms with Gasteiger partial charge in [0.05, 0.1) is 13.7 Å². The second-order valence-corrected chi connectivity index (χ2v) is 4.92. The summed E-state index contributed by atoms with van der Waals surface area (Å²) in [5.41, 5.74) is 0. The third-order valence-electron chi connectivity index (χ3n) is 3.29. The van der Waals surface area contributed by atoms with Crippen molar-refractivity contribution in [3.8, 4) is 6.01 Å². The van der Waals surface area contributed by atoms with E-state index in [1.54, 1.807) is 11.9 Å². The molecule has 0 spiro atoms. The Morgan fingerprint density at radius 2 is 2.05 bits per heavy atom. The zero-order valence-electron chi connectivity index (χ0n) is 12.8. The minimum atomic E-state index is 0.0966. The summed E-state index contributed by atoms with van der Waals surface area (Å²) in [6, 6.07) is 0.233. The Bertz CT molecular complexity index is 490. The summed E-state index contributed by atoms with van der Waals surface area (Å²) in [6.07, 6.45) is 2.17. The molecule has 0 atom stereocenters. The molecule has 0 aromatic carbocycles. The van der Waals surface area contributed by atoms with E-state index in [4.69, 9.17) is 4.74 Å². The third kappa shape index (κ3) is 3.93. The number of amides is 1. The number of rotatable bonds is 6. The quantitative estimate of drug-likeness (QED) is 0.811. The van der Waals surface area contributed by atoms with Crippen molar-refractivity contribution in [3.63, 3.8) is 0 Å². The van der Waals surface area contributed by atoms with Crippen LogP contribution in [0, 0.1) is 0 Å². The molecule has 1 saturated heterocycles. The number of hydrogen-bond donors (Lipinski definition) is 1. The highest BCUT2D eigenvalue weighted by Gasteiger charge is 2.20. The van der Waals surface area contributed by atoms with Gasteiger partial charge in [-0.15, -0.1) is 0 Å². The maximum atomic E-state index is 12.2. The lowest BCUT2D eigenvalue weighted by Gasteiger charge is -2.21. The van der Waals surface area contributed by atoms with E-state index in [0.717, 1.165) is 25.9 Å². The minimum absolute atomic E-state index is 0.0966. The summed E-state index contributed by atoms with van der Waals surface area (Å²) in [7, 11) is 3.29. The molecule has 0 bridgehead atoms. The Morgan fingerprint density at radius 3 is 2.67 bits per heavy atom. The Balaban J connectivity index is 2.08. The molecule has 1 aliphatic rings. The van der Waals surface area contributed by atoms with E-state index in [9.17, 15) is 4.79 Å². The molecule has 21 heavy (non-hydrogen) atoms. The van der Waals surface area contributed by atoms with Gasteiger partial charge < -0.3 is 19.9 Å². The van der Waals surface area contributed by atoms with E-state index in [0.29, 0.717) is 18.4 Å². The largest absolute Gasteiger partial charge is 0.467 e. The van der Waals surface area contributed by atoms with Crippen LogP contribution in [-0.2, 0) is 4.79 Å². The van der Waals surface area contributed by atoms with E-state index < -0.39 is 0 Å². The molecule has 1 fully saturated rings. The van der Waals surface area contributed by atoms with Gasteiger partial charge in [0.15, 0.2) is 0 Å². The standard InChI is InChI=1S/C13H22N6O2/c1-4-14-11-15-12(17-13(16-11)21-3)18(2)9-10(20)19-7-5-6-8-19/h4-9H2,1-3H3,(H,14,15,16,17). The number of nitrogens with zero attached hydrogens (tertiary/aromatic N) is 5. The van der Waals surface area contributed by atoms with Crippen molar-refractivity contribution in [2.24, 2.45) is 0 Å². The molecule has 0 saturated carbocycles. The fraction of sp³-hybridized carbons (Fsp3) is 0.692. The fourth-order valence-electron chi connectivity index (χ4n) is 2.19. The van der Waals surface area contributed by atoms with Crippen LogP contribution in [0.15, 0.2) is 0 Å². The fourth-order valence-corrected chi connectivity index (χ4v) is 2.19. The Kier molecular flexibility index (Phi) is 5.13. The summed E-state index contributed by atoms with van der Waals surface area (Å²) in [5, 5.41) is 3.02. The summed E-state index contributed by atoms with van der Waals surface area (Å²) in [4.78, 5) is 28.3. The van der Waals surface area contributed by atoms with Crippen LogP contribution in [-0.4, -0.2) is 66.1 Å². The second kappa shape index (κ2) is 7.05. The number of hydrogen-bond acceptors (Lipinski definition) is 7. The van der Waals surface area contributed by atoms with Gasteiger partial charge in [-0.05, 0) is 19.8 Å². The normalized spacial score (nSPS) is 14.1. The van der Waals surface area contributed by atoms with Crippen LogP contribution in [0.3, 0.4) is 0 Å². The smallest absolute Gasteiger partial charge is 0.322 e. The first kappa shape index (κ1) is 15.3. The molecule has 2 heterocycles. The van der Waals surface area contributed by atoms with E-state index in [-0.39, 0.29) is 18.5 Å². The van der Waals surface area contributed by atoms with Gasteiger partial charge in [-0.1, -0.05) is 0 Å². The number of carbonyl (C=O) groups is 1. The molecule has 116 valence electrons. The number of methoxy groups -OCH3 is 1. The van der Waals surface area contributed by atoms with E-state index in [1.807, 2.05) is 11.8 Å². The van der Waals surface area contributed by atoms with Gasteiger partial charge in [0, 0.05) is 26.7 Å². The van der Waals surface area contributed by atoms with Crippen molar-refractivity contribution in [1.82, 2.24) is 19.9 Å². The lowest BCUT2D eigenvalue weighted by molar-refractivity contribution is -0.128. The van der Waals surface area contributed by atoms with Gasteiger partial charge in [0.2, 0.25) is 17.8 Å². The molecule has 0 radical (unpaired) electrons. The summed E-state index contributed by atoms with van der Waals surface area (Å²) < 4.78 is 5.07. The van der Waals surface area contributed by atoms with Gasteiger partial charge in [-0.2, -0.15) is 15.0 Å². The molecular formula is C13H22N6O2. The highest BCUT2D eigenvalue weighted by molar-refractivity contribution is 5.81. The molecular weight excluding hydrogens is 272 g/mol. The average molecular weight is 294 g/mol. The van der Waals surface area contributed by atoms with Crippen molar-refractivity contribution in [2.45, 2.75) is 19.8 Å². The zero-order valence-corrected chi connectivity index (χ0v) is 12.8. The number of likely N-dealkylation sites (tertiary alicyclic amines) is 1. The minimum Gasteiger partial charge on any atom is -0.467 e. The zero-order chi connectivity index (χ0) is 15.2. The monoisotopic (exact) mass is 294 g/mol. The number of carbonyl (C=O) groups excluding carboxylic acids is 1. The first-order chi connectivity index (χ1) is 10.1. The molecule has 1 aromatic heterocycles. The summed E-state index contributed by atoms with van der Waals surface area (Å²) in [6.45, 7) is 4.59. The summed E-state index contributed by atoms with van der Waals surface area (Å²) in [5.74, 6) is 0.963. The van der Waals surface area contributed by atoms with Crippen LogP contribution in [0.1, 0.15) is 19.8 Å². The van der Waals surface area contributed by atoms with E-state index in [2.05, 4.69) is 20.3 Å². The van der Waals surface area contributed by atoms with Gasteiger partial charge >= 0.3 is 6.01 Å². The van der Waals surface area contributed by atoms with Crippen LogP contribution < -0.4 is 15.0 Å². The van der Waals surface area contributed by atoms with Crippen molar-refractivity contribution in [1.29, 1.82) is 0 Å². The van der Waals surface area contributed by atoms with Crippen LogP contribution >= 0.6 is 0 Å². The Morgan fingerprint density at radius 1 is 1.33 bits per heavy atom. The van der Waals surface area contributed by atoms with Crippen LogP contribution in [0.2, 0.25) is 0 Å². The molecule has 8 heteroatoms. The molecule has 1 aliphatic heterocycles. The predicted octanol–water partition coefficient (Wildman–Crippen LogP) is 0.371. The van der Waals surface area contributed by atoms with Crippen molar-refractivity contribution >= 4 is 17.8 Å². The number of nitrogens with one attached hydrogen (secondary N) is 1. The lowest BCUT2D eigenvalue weighted by atomic mass is 10.4. The highest BCUT2D eigenvalue weighted by atomic mass is 16.5. The maximum absolute atomic E-state index is 12.2. The van der Waals surface area contributed by atoms with E-state index in [1.165, 1.54) is 7.11 Å². The number of ether oxygens (including phenoxy) is 1. The molecule has 1 aromatic rings. The summed E-state index contributed by atoms with van der Waals surface area (Å²) >= 11 is 0. The molecule has 1 N–H and O–H groups in total. The van der Waals surface area contributed by atoms with Gasteiger partial charge in [0.1, 0.15) is 0 Å². The first-order valence-electron chi connectivity index (χ1n) is 7.17. The van der Waals surface area contributed by atoms with Crippen molar-refractivity contribution < 1.29 is 9.53 Å². The Labute approximate surface area is 124 Å². The van der Waals surface area contributed by atoms with E-state index >= 15 is 0 Å². The maximum Gasteiger partial charge on any atom is 0.322 e. The first-order valence-corrected chi connectivity index (χ1v) is 7.17. The Hall–Kier alpha value is -2.12. The SMILES string of the molecule is CCNc1nc(OC)nc(N(C)CC(=O)N2CCCC2)n1. The number of anilines is 2.